The minimum atomic E-state index is -0.123. The first-order valence-electron chi connectivity index (χ1n) is 5.80. The van der Waals surface area contributed by atoms with Gasteiger partial charge in [-0.3, -0.25) is 4.79 Å². The maximum atomic E-state index is 11.6. The minimum absolute atomic E-state index is 0.0334. The average Bonchev–Trinajstić information content (AvgIpc) is 2.36. The third kappa shape index (κ3) is 4.87. The highest BCUT2D eigenvalue weighted by molar-refractivity contribution is 5.77. The molecule has 4 nitrogen and oxygen atoms in total. The molecule has 1 aromatic rings. The number of nitrogens with one attached hydrogen (secondary N) is 1. The zero-order chi connectivity index (χ0) is 12.7. The summed E-state index contributed by atoms with van der Waals surface area (Å²) in [4.78, 5) is 11.6. The van der Waals surface area contributed by atoms with Crippen LogP contribution in [0.3, 0.4) is 0 Å². The normalized spacial score (nSPS) is 13.8. The lowest BCUT2D eigenvalue weighted by Crippen LogP contribution is -2.41. The molecule has 0 fully saturated rings. The molecule has 0 aromatic heterocycles. The van der Waals surface area contributed by atoms with Crippen molar-refractivity contribution in [1.82, 2.24) is 5.32 Å². The Hall–Kier alpha value is -1.55. The van der Waals surface area contributed by atoms with Gasteiger partial charge in [0.2, 0.25) is 0 Å². The molecule has 0 aliphatic rings. The van der Waals surface area contributed by atoms with E-state index in [1.807, 2.05) is 44.2 Å². The summed E-state index contributed by atoms with van der Waals surface area (Å²) < 4.78 is 5.34. The molecule has 0 radical (unpaired) electrons. The molecule has 2 atom stereocenters. The van der Waals surface area contributed by atoms with E-state index in [2.05, 4.69) is 5.32 Å². The van der Waals surface area contributed by atoms with Gasteiger partial charge in [-0.2, -0.15) is 0 Å². The molecule has 4 heteroatoms. The van der Waals surface area contributed by atoms with Crippen LogP contribution in [0, 0.1) is 5.92 Å². The standard InChI is InChI=1S/C13H20N2O2/c1-10(8-14)11(2)15-13(16)9-17-12-6-4-3-5-7-12/h3-7,10-11H,8-9,14H2,1-2H3,(H,15,16). The summed E-state index contributed by atoms with van der Waals surface area (Å²) in [6.07, 6.45) is 0. The molecule has 1 amide bonds. The van der Waals surface area contributed by atoms with Crippen molar-refractivity contribution in [2.45, 2.75) is 19.9 Å². The number of hydrogen-bond acceptors (Lipinski definition) is 3. The monoisotopic (exact) mass is 236 g/mol. The van der Waals surface area contributed by atoms with Crippen LogP contribution in [0.2, 0.25) is 0 Å². The maximum Gasteiger partial charge on any atom is 0.258 e. The Balaban J connectivity index is 2.31. The SMILES string of the molecule is CC(CN)C(C)NC(=O)COc1ccccc1. The topological polar surface area (TPSA) is 64.3 Å². The minimum Gasteiger partial charge on any atom is -0.484 e. The van der Waals surface area contributed by atoms with Crippen LogP contribution in [0.5, 0.6) is 5.75 Å². The fraction of sp³-hybridized carbons (Fsp3) is 0.462. The average molecular weight is 236 g/mol. The molecule has 17 heavy (non-hydrogen) atoms. The second-order valence-corrected chi connectivity index (χ2v) is 4.17. The molecule has 1 aromatic carbocycles. The smallest absolute Gasteiger partial charge is 0.258 e. The molecule has 0 saturated carbocycles. The Morgan fingerprint density at radius 2 is 2.00 bits per heavy atom. The van der Waals surface area contributed by atoms with Gasteiger partial charge < -0.3 is 15.8 Å². The van der Waals surface area contributed by atoms with E-state index in [0.29, 0.717) is 12.3 Å². The molecule has 1 rings (SSSR count). The van der Waals surface area contributed by atoms with Gasteiger partial charge in [-0.05, 0) is 31.5 Å². The lowest BCUT2D eigenvalue weighted by atomic mass is 10.0. The third-order valence-electron chi connectivity index (χ3n) is 2.73. The predicted octanol–water partition coefficient (Wildman–Crippen LogP) is 1.16. The molecule has 2 unspecified atom stereocenters. The number of benzene rings is 1. The van der Waals surface area contributed by atoms with Gasteiger partial charge in [-0.25, -0.2) is 0 Å². The van der Waals surface area contributed by atoms with Crippen LogP contribution >= 0.6 is 0 Å². The van der Waals surface area contributed by atoms with E-state index in [1.165, 1.54) is 0 Å². The fourth-order valence-electron chi connectivity index (χ4n) is 1.31. The van der Waals surface area contributed by atoms with Gasteiger partial charge in [0, 0.05) is 6.04 Å². The first-order chi connectivity index (χ1) is 8.13. The molecule has 3 N–H and O–H groups in total. The Morgan fingerprint density at radius 1 is 1.35 bits per heavy atom. The molecule has 0 aliphatic carbocycles. The van der Waals surface area contributed by atoms with Crippen molar-refractivity contribution in [3.8, 4) is 5.75 Å². The summed E-state index contributed by atoms with van der Waals surface area (Å²) in [5.41, 5.74) is 5.53. The van der Waals surface area contributed by atoms with Crippen molar-refractivity contribution in [2.75, 3.05) is 13.2 Å². The third-order valence-corrected chi connectivity index (χ3v) is 2.73. The van der Waals surface area contributed by atoms with Gasteiger partial charge in [0.1, 0.15) is 5.75 Å². The van der Waals surface area contributed by atoms with Crippen molar-refractivity contribution in [3.63, 3.8) is 0 Å². The van der Waals surface area contributed by atoms with E-state index < -0.39 is 0 Å². The first-order valence-corrected chi connectivity index (χ1v) is 5.80. The number of nitrogens with two attached hydrogens (primary N) is 1. The van der Waals surface area contributed by atoms with Gasteiger partial charge in [0.05, 0.1) is 0 Å². The summed E-state index contributed by atoms with van der Waals surface area (Å²) in [6, 6.07) is 9.33. The first kappa shape index (κ1) is 13.5. The van der Waals surface area contributed by atoms with Crippen LogP contribution in [-0.2, 0) is 4.79 Å². The fourth-order valence-corrected chi connectivity index (χ4v) is 1.31. The van der Waals surface area contributed by atoms with Crippen LogP contribution in [0.4, 0.5) is 0 Å². The van der Waals surface area contributed by atoms with E-state index in [-0.39, 0.29) is 24.5 Å². The van der Waals surface area contributed by atoms with Crippen molar-refractivity contribution >= 4 is 5.91 Å². The number of carbonyl (C=O) groups is 1. The van der Waals surface area contributed by atoms with Crippen molar-refractivity contribution in [3.05, 3.63) is 30.3 Å². The Labute approximate surface area is 102 Å². The van der Waals surface area contributed by atoms with Gasteiger partial charge in [0.15, 0.2) is 6.61 Å². The lowest BCUT2D eigenvalue weighted by Gasteiger charge is -2.19. The molecular formula is C13H20N2O2. The van der Waals surface area contributed by atoms with Crippen molar-refractivity contribution in [1.29, 1.82) is 0 Å². The zero-order valence-electron chi connectivity index (χ0n) is 10.3. The summed E-state index contributed by atoms with van der Waals surface area (Å²) in [5, 5.41) is 2.86. The summed E-state index contributed by atoms with van der Waals surface area (Å²) >= 11 is 0. The van der Waals surface area contributed by atoms with Crippen molar-refractivity contribution in [2.24, 2.45) is 11.7 Å². The molecular weight excluding hydrogens is 216 g/mol. The van der Waals surface area contributed by atoms with Crippen LogP contribution in [-0.4, -0.2) is 25.1 Å². The van der Waals surface area contributed by atoms with E-state index in [1.54, 1.807) is 0 Å². The lowest BCUT2D eigenvalue weighted by molar-refractivity contribution is -0.124. The quantitative estimate of drug-likeness (QED) is 0.779. The highest BCUT2D eigenvalue weighted by atomic mass is 16.5. The van der Waals surface area contributed by atoms with Gasteiger partial charge in [-0.1, -0.05) is 25.1 Å². The van der Waals surface area contributed by atoms with Crippen LogP contribution in [0.15, 0.2) is 30.3 Å². The Morgan fingerprint density at radius 3 is 2.59 bits per heavy atom. The van der Waals surface area contributed by atoms with Crippen LogP contribution < -0.4 is 15.8 Å². The summed E-state index contributed by atoms with van der Waals surface area (Å²) in [7, 11) is 0. The highest BCUT2D eigenvalue weighted by Gasteiger charge is 2.13. The number of amides is 1. The Bertz CT molecular complexity index is 341. The predicted molar refractivity (Wildman–Crippen MR) is 67.8 cm³/mol. The number of carbonyl (C=O) groups excluding carboxylic acids is 1. The number of hydrogen-bond donors (Lipinski definition) is 2. The van der Waals surface area contributed by atoms with Crippen LogP contribution in [0.1, 0.15) is 13.8 Å². The second-order valence-electron chi connectivity index (χ2n) is 4.17. The molecule has 0 heterocycles. The van der Waals surface area contributed by atoms with E-state index in [4.69, 9.17) is 10.5 Å². The van der Waals surface area contributed by atoms with Crippen molar-refractivity contribution < 1.29 is 9.53 Å². The molecule has 0 aliphatic heterocycles. The van der Waals surface area contributed by atoms with Gasteiger partial charge >= 0.3 is 0 Å². The van der Waals surface area contributed by atoms with Crippen LogP contribution in [0.25, 0.3) is 0 Å². The highest BCUT2D eigenvalue weighted by Crippen LogP contribution is 2.07. The molecule has 0 bridgehead atoms. The molecule has 0 spiro atoms. The summed E-state index contributed by atoms with van der Waals surface area (Å²) in [6.45, 7) is 4.54. The van der Waals surface area contributed by atoms with E-state index >= 15 is 0 Å². The number of ether oxygens (including phenoxy) is 1. The molecule has 94 valence electrons. The Kier molecular flexibility index (Phi) is 5.49. The van der Waals surface area contributed by atoms with Gasteiger partial charge in [-0.15, -0.1) is 0 Å². The summed E-state index contributed by atoms with van der Waals surface area (Å²) in [5.74, 6) is 0.833. The van der Waals surface area contributed by atoms with E-state index in [0.717, 1.165) is 0 Å². The van der Waals surface area contributed by atoms with E-state index in [9.17, 15) is 4.79 Å². The zero-order valence-corrected chi connectivity index (χ0v) is 10.3. The number of rotatable bonds is 6. The largest absolute Gasteiger partial charge is 0.484 e. The second kappa shape index (κ2) is 6.91. The molecule has 0 saturated heterocycles. The van der Waals surface area contributed by atoms with Gasteiger partial charge in [0.25, 0.3) is 5.91 Å². The maximum absolute atomic E-state index is 11.6. The number of para-hydroxylation sites is 1.